The van der Waals surface area contributed by atoms with Gasteiger partial charge >= 0.3 is 0 Å². The molecule has 1 aliphatic rings. The van der Waals surface area contributed by atoms with E-state index < -0.39 is 0 Å². The van der Waals surface area contributed by atoms with Crippen molar-refractivity contribution in [3.8, 4) is 11.1 Å². The number of fused-ring (bicyclic) bond motifs is 1. The van der Waals surface area contributed by atoms with Crippen LogP contribution >= 0.6 is 0 Å². The molecule has 4 rings (SSSR count). The van der Waals surface area contributed by atoms with Gasteiger partial charge in [0, 0.05) is 30.2 Å². The number of hydrogen-bond donors (Lipinski definition) is 0. The van der Waals surface area contributed by atoms with Crippen molar-refractivity contribution in [3.63, 3.8) is 0 Å². The number of nitrogens with zero attached hydrogens (tertiary/aromatic N) is 5. The predicted molar refractivity (Wildman–Crippen MR) is 101 cm³/mol. The minimum Gasteiger partial charge on any atom is -0.298 e. The number of hydrogen-bond acceptors (Lipinski definition) is 5. The fourth-order valence-electron chi connectivity index (χ4n) is 3.64. The Morgan fingerprint density at radius 2 is 2.12 bits per heavy atom. The van der Waals surface area contributed by atoms with Crippen molar-refractivity contribution < 1.29 is 4.79 Å². The molecule has 1 atom stereocenters. The number of carbonyl (C=O) groups is 1. The first-order chi connectivity index (χ1) is 12.6. The van der Waals surface area contributed by atoms with E-state index in [1.807, 2.05) is 37.6 Å². The second-order valence-electron chi connectivity index (χ2n) is 7.19. The van der Waals surface area contributed by atoms with Gasteiger partial charge in [-0.3, -0.25) is 14.4 Å². The van der Waals surface area contributed by atoms with Crippen LogP contribution in [-0.2, 0) is 18.3 Å². The molecule has 0 spiro atoms. The lowest BCUT2D eigenvalue weighted by atomic mass is 10.1. The van der Waals surface area contributed by atoms with Crippen LogP contribution in [0.5, 0.6) is 0 Å². The molecule has 6 nitrogen and oxygen atoms in total. The smallest absolute Gasteiger partial charge is 0.152 e. The molecule has 0 N–H and O–H groups in total. The van der Waals surface area contributed by atoms with Gasteiger partial charge in [-0.15, -0.1) is 0 Å². The highest BCUT2D eigenvalue weighted by molar-refractivity contribution is 5.86. The first kappa shape index (κ1) is 16.8. The number of aryl methyl sites for hydroxylation is 1. The maximum Gasteiger partial charge on any atom is 0.152 e. The van der Waals surface area contributed by atoms with Crippen LogP contribution in [0.1, 0.15) is 25.5 Å². The molecular weight excluding hydrogens is 326 g/mol. The summed E-state index contributed by atoms with van der Waals surface area (Å²) in [6, 6.07) is 8.55. The summed E-state index contributed by atoms with van der Waals surface area (Å²) in [5, 5.41) is 13.7. The van der Waals surface area contributed by atoms with Crippen molar-refractivity contribution in [1.29, 1.82) is 0 Å². The second kappa shape index (κ2) is 6.96. The van der Waals surface area contributed by atoms with Crippen LogP contribution in [0.25, 0.3) is 22.0 Å². The molecule has 1 saturated heterocycles. The molecule has 0 unspecified atom stereocenters. The van der Waals surface area contributed by atoms with E-state index in [9.17, 15) is 4.79 Å². The number of rotatable bonds is 5. The average molecular weight is 349 g/mol. The van der Waals surface area contributed by atoms with Gasteiger partial charge in [0.25, 0.3) is 0 Å². The fourth-order valence-corrected chi connectivity index (χ4v) is 3.64. The van der Waals surface area contributed by atoms with Crippen molar-refractivity contribution >= 4 is 16.7 Å². The summed E-state index contributed by atoms with van der Waals surface area (Å²) < 4.78 is 1.79. The third-order valence-corrected chi connectivity index (χ3v) is 5.12. The van der Waals surface area contributed by atoms with Gasteiger partial charge in [0.1, 0.15) is 0 Å². The Labute approximate surface area is 152 Å². The van der Waals surface area contributed by atoms with E-state index in [4.69, 9.17) is 0 Å². The normalized spacial score (nSPS) is 17.8. The topological polar surface area (TPSA) is 63.9 Å². The molecule has 3 aromatic rings. The van der Waals surface area contributed by atoms with Crippen LogP contribution < -0.4 is 0 Å². The van der Waals surface area contributed by atoms with Crippen LogP contribution in [-0.4, -0.2) is 49.8 Å². The Morgan fingerprint density at radius 3 is 2.85 bits per heavy atom. The Balaban J connectivity index is 1.53. The number of likely N-dealkylation sites (tertiary alicyclic amines) is 1. The lowest BCUT2D eigenvalue weighted by molar-refractivity contribution is -0.119. The zero-order valence-electron chi connectivity index (χ0n) is 15.2. The van der Waals surface area contributed by atoms with Crippen LogP contribution in [0, 0.1) is 0 Å². The van der Waals surface area contributed by atoms with Gasteiger partial charge in [0.15, 0.2) is 5.78 Å². The number of benzene rings is 1. The number of Topliss-reactive ketones (excluding diaryl/α,β-unsaturated/α-hetero) is 1. The van der Waals surface area contributed by atoms with Crippen molar-refractivity contribution in [2.45, 2.75) is 32.2 Å². The van der Waals surface area contributed by atoms with Gasteiger partial charge in [-0.05, 0) is 50.1 Å². The van der Waals surface area contributed by atoms with Gasteiger partial charge in [-0.2, -0.15) is 15.3 Å². The summed E-state index contributed by atoms with van der Waals surface area (Å²) in [7, 11) is 1.90. The molecule has 134 valence electrons. The van der Waals surface area contributed by atoms with Gasteiger partial charge < -0.3 is 0 Å². The van der Waals surface area contributed by atoms with Crippen molar-refractivity contribution in [2.75, 3.05) is 13.1 Å². The summed E-state index contributed by atoms with van der Waals surface area (Å²) in [5.74, 6) is 0.204. The van der Waals surface area contributed by atoms with E-state index in [1.54, 1.807) is 4.68 Å². The summed E-state index contributed by atoms with van der Waals surface area (Å²) in [5.41, 5.74) is 3.72. The molecule has 0 radical (unpaired) electrons. The van der Waals surface area contributed by atoms with Gasteiger partial charge in [0.2, 0.25) is 0 Å². The summed E-state index contributed by atoms with van der Waals surface area (Å²) >= 11 is 0. The molecule has 0 saturated carbocycles. The maximum absolute atomic E-state index is 12.4. The minimum atomic E-state index is 0.204. The fraction of sp³-hybridized carbons (Fsp3) is 0.400. The molecule has 1 aliphatic heterocycles. The van der Waals surface area contributed by atoms with E-state index in [2.05, 4.69) is 33.2 Å². The van der Waals surface area contributed by atoms with Gasteiger partial charge in [0.05, 0.1) is 30.4 Å². The molecule has 6 heteroatoms. The van der Waals surface area contributed by atoms with Crippen LogP contribution in [0.15, 0.2) is 36.7 Å². The molecule has 0 amide bonds. The first-order valence-corrected chi connectivity index (χ1v) is 9.09. The average Bonchev–Trinajstić information content (AvgIpc) is 3.23. The van der Waals surface area contributed by atoms with Gasteiger partial charge in [-0.25, -0.2) is 0 Å². The standard InChI is InChI=1S/C20H23N5O/c1-14-4-3-7-25(14)13-19(26)10-18-9-16-8-15(5-6-20(16)23-22-18)17-11-21-24(2)12-17/h5-6,8-9,11-12,14H,3-4,7,10,13H2,1-2H3/t14-/m0/s1. The highest BCUT2D eigenvalue weighted by Crippen LogP contribution is 2.23. The number of aromatic nitrogens is 4. The molecule has 1 aromatic carbocycles. The summed E-state index contributed by atoms with van der Waals surface area (Å²) in [6.45, 7) is 3.72. The maximum atomic E-state index is 12.4. The largest absolute Gasteiger partial charge is 0.298 e. The Kier molecular flexibility index (Phi) is 4.51. The van der Waals surface area contributed by atoms with Crippen molar-refractivity contribution in [2.24, 2.45) is 7.05 Å². The van der Waals surface area contributed by atoms with E-state index in [0.29, 0.717) is 19.0 Å². The second-order valence-corrected chi connectivity index (χ2v) is 7.19. The molecule has 0 bridgehead atoms. The quantitative estimate of drug-likeness (QED) is 0.708. The molecule has 3 heterocycles. The van der Waals surface area contributed by atoms with E-state index in [-0.39, 0.29) is 5.78 Å². The third kappa shape index (κ3) is 3.51. The molecular formula is C20H23N5O. The number of ketones is 1. The number of carbonyl (C=O) groups excluding carboxylic acids is 1. The molecule has 0 aliphatic carbocycles. The Hall–Kier alpha value is -2.60. The lowest BCUT2D eigenvalue weighted by Crippen LogP contribution is -2.33. The van der Waals surface area contributed by atoms with Gasteiger partial charge in [-0.1, -0.05) is 6.07 Å². The van der Waals surface area contributed by atoms with E-state index in [1.165, 1.54) is 12.8 Å². The predicted octanol–water partition coefficient (Wildman–Crippen LogP) is 2.63. The molecule has 26 heavy (non-hydrogen) atoms. The monoisotopic (exact) mass is 349 g/mol. The minimum absolute atomic E-state index is 0.204. The Bertz CT molecular complexity index is 948. The van der Waals surface area contributed by atoms with E-state index in [0.717, 1.165) is 34.3 Å². The summed E-state index contributed by atoms with van der Waals surface area (Å²) in [4.78, 5) is 14.7. The lowest BCUT2D eigenvalue weighted by Gasteiger charge is -2.19. The zero-order chi connectivity index (χ0) is 18.1. The van der Waals surface area contributed by atoms with Crippen molar-refractivity contribution in [1.82, 2.24) is 24.9 Å². The Morgan fingerprint density at radius 1 is 1.23 bits per heavy atom. The third-order valence-electron chi connectivity index (χ3n) is 5.12. The van der Waals surface area contributed by atoms with E-state index >= 15 is 0 Å². The highest BCUT2D eigenvalue weighted by atomic mass is 16.1. The summed E-state index contributed by atoms with van der Waals surface area (Å²) in [6.07, 6.45) is 6.53. The highest BCUT2D eigenvalue weighted by Gasteiger charge is 2.22. The van der Waals surface area contributed by atoms with Crippen LogP contribution in [0.2, 0.25) is 0 Å². The first-order valence-electron chi connectivity index (χ1n) is 9.09. The van der Waals surface area contributed by atoms with Crippen LogP contribution in [0.4, 0.5) is 0 Å². The zero-order valence-corrected chi connectivity index (χ0v) is 15.2. The molecule has 2 aromatic heterocycles. The van der Waals surface area contributed by atoms with Crippen LogP contribution in [0.3, 0.4) is 0 Å². The molecule has 1 fully saturated rings. The van der Waals surface area contributed by atoms with Crippen molar-refractivity contribution in [3.05, 3.63) is 42.4 Å². The SMILES string of the molecule is C[C@H]1CCCN1CC(=O)Cc1cc2cc(-c3cnn(C)c3)ccc2nn1.